The highest BCUT2D eigenvalue weighted by molar-refractivity contribution is 5.39. The molecule has 0 amide bonds. The summed E-state index contributed by atoms with van der Waals surface area (Å²) in [5, 5.41) is 20.5. The van der Waals surface area contributed by atoms with Gasteiger partial charge in [0.2, 0.25) is 0 Å². The summed E-state index contributed by atoms with van der Waals surface area (Å²) < 4.78 is 11.5. The lowest BCUT2D eigenvalue weighted by atomic mass is 10.1. The number of para-hydroxylation sites is 2. The summed E-state index contributed by atoms with van der Waals surface area (Å²) in [7, 11) is 0. The number of ether oxygens (including phenoxy) is 2. The molecule has 0 bridgehead atoms. The van der Waals surface area contributed by atoms with Crippen LogP contribution in [0.4, 0.5) is 0 Å². The van der Waals surface area contributed by atoms with E-state index in [0.29, 0.717) is 11.5 Å². The van der Waals surface area contributed by atoms with Gasteiger partial charge in [-0.05, 0) is 23.3 Å². The second kappa shape index (κ2) is 9.04. The van der Waals surface area contributed by atoms with Crippen LogP contribution in [0.25, 0.3) is 0 Å². The van der Waals surface area contributed by atoms with Gasteiger partial charge in [0, 0.05) is 0 Å². The van der Waals surface area contributed by atoms with Crippen LogP contribution in [0, 0.1) is 0 Å². The maximum atomic E-state index is 10.2. The first-order valence-electron chi connectivity index (χ1n) is 8.54. The topological polar surface area (TPSA) is 58.9 Å². The lowest BCUT2D eigenvalue weighted by Gasteiger charge is -2.17. The molecular formula is C22H22O4. The van der Waals surface area contributed by atoms with Crippen LogP contribution in [-0.2, 0) is 0 Å². The van der Waals surface area contributed by atoms with Crippen molar-refractivity contribution in [2.24, 2.45) is 0 Å². The Hall–Kier alpha value is -2.82. The Labute approximate surface area is 153 Å². The van der Waals surface area contributed by atoms with Crippen molar-refractivity contribution >= 4 is 0 Å². The quantitative estimate of drug-likeness (QED) is 0.647. The van der Waals surface area contributed by atoms with E-state index in [9.17, 15) is 10.2 Å². The fourth-order valence-corrected chi connectivity index (χ4v) is 2.57. The van der Waals surface area contributed by atoms with Crippen LogP contribution in [0.3, 0.4) is 0 Å². The SMILES string of the molecule is O[C@@H](COc1ccccc1OC[C@H](O)c1ccccc1)c1ccccc1. The number of hydrogen-bond donors (Lipinski definition) is 2. The van der Waals surface area contributed by atoms with E-state index in [1.807, 2.05) is 72.8 Å². The Morgan fingerprint density at radius 3 is 1.27 bits per heavy atom. The molecule has 0 aliphatic carbocycles. The highest BCUT2D eigenvalue weighted by Gasteiger charge is 2.13. The van der Waals surface area contributed by atoms with E-state index >= 15 is 0 Å². The molecule has 4 nitrogen and oxygen atoms in total. The highest BCUT2D eigenvalue weighted by Crippen LogP contribution is 2.28. The van der Waals surface area contributed by atoms with Crippen LogP contribution in [0.5, 0.6) is 11.5 Å². The molecule has 3 aromatic rings. The number of aliphatic hydroxyl groups excluding tert-OH is 2. The maximum Gasteiger partial charge on any atom is 0.161 e. The summed E-state index contributed by atoms with van der Waals surface area (Å²) >= 11 is 0. The standard InChI is InChI=1S/C22H22O4/c23-19(17-9-3-1-4-10-17)15-25-21-13-7-8-14-22(21)26-16-20(24)18-11-5-2-6-12-18/h1-14,19-20,23-24H,15-16H2/t19-,20-/m0/s1. The molecule has 4 heteroatoms. The molecule has 2 N–H and O–H groups in total. The summed E-state index contributed by atoms with van der Waals surface area (Å²) in [5.74, 6) is 1.06. The molecule has 0 aliphatic rings. The second-order valence-electron chi connectivity index (χ2n) is 5.92. The van der Waals surface area contributed by atoms with Crippen LogP contribution in [0.15, 0.2) is 84.9 Å². The third-order valence-corrected chi connectivity index (χ3v) is 4.01. The van der Waals surface area contributed by atoms with Crippen molar-refractivity contribution in [2.75, 3.05) is 13.2 Å². The first-order valence-corrected chi connectivity index (χ1v) is 8.54. The van der Waals surface area contributed by atoms with Gasteiger partial charge in [0.15, 0.2) is 11.5 Å². The Morgan fingerprint density at radius 1 is 0.538 bits per heavy atom. The lowest BCUT2D eigenvalue weighted by molar-refractivity contribution is 0.0935. The molecule has 3 rings (SSSR count). The highest BCUT2D eigenvalue weighted by atomic mass is 16.5. The minimum absolute atomic E-state index is 0.117. The van der Waals surface area contributed by atoms with Crippen molar-refractivity contribution in [1.29, 1.82) is 0 Å². The van der Waals surface area contributed by atoms with Gasteiger partial charge < -0.3 is 19.7 Å². The van der Waals surface area contributed by atoms with Gasteiger partial charge in [-0.2, -0.15) is 0 Å². The molecule has 0 saturated heterocycles. The normalized spacial score (nSPS) is 13.0. The maximum absolute atomic E-state index is 10.2. The van der Waals surface area contributed by atoms with Crippen LogP contribution in [0.1, 0.15) is 23.3 Å². The molecule has 134 valence electrons. The summed E-state index contributed by atoms with van der Waals surface area (Å²) in [6.45, 7) is 0.233. The predicted molar refractivity (Wildman–Crippen MR) is 100 cm³/mol. The van der Waals surface area contributed by atoms with Crippen molar-refractivity contribution in [3.05, 3.63) is 96.1 Å². The third kappa shape index (κ3) is 4.85. The molecule has 0 saturated carbocycles. The minimum Gasteiger partial charge on any atom is -0.487 e. The average molecular weight is 350 g/mol. The van der Waals surface area contributed by atoms with E-state index in [2.05, 4.69) is 0 Å². The molecule has 26 heavy (non-hydrogen) atoms. The Kier molecular flexibility index (Phi) is 6.25. The third-order valence-electron chi connectivity index (χ3n) is 4.01. The van der Waals surface area contributed by atoms with E-state index in [1.54, 1.807) is 12.1 Å². The van der Waals surface area contributed by atoms with Gasteiger partial charge in [-0.1, -0.05) is 72.8 Å². The van der Waals surface area contributed by atoms with E-state index < -0.39 is 12.2 Å². The monoisotopic (exact) mass is 350 g/mol. The number of rotatable bonds is 8. The van der Waals surface area contributed by atoms with Crippen molar-refractivity contribution in [1.82, 2.24) is 0 Å². The zero-order valence-corrected chi connectivity index (χ0v) is 14.4. The molecule has 3 aromatic carbocycles. The zero-order chi connectivity index (χ0) is 18.2. The molecule has 0 spiro atoms. The fourth-order valence-electron chi connectivity index (χ4n) is 2.57. The smallest absolute Gasteiger partial charge is 0.161 e. The molecule has 0 heterocycles. The van der Waals surface area contributed by atoms with Crippen LogP contribution >= 0.6 is 0 Å². The van der Waals surface area contributed by atoms with Gasteiger partial charge in [-0.25, -0.2) is 0 Å². The average Bonchev–Trinajstić information content (AvgIpc) is 2.72. The van der Waals surface area contributed by atoms with E-state index in [-0.39, 0.29) is 13.2 Å². The summed E-state index contributed by atoms with van der Waals surface area (Å²) in [5.41, 5.74) is 1.59. The number of aliphatic hydroxyl groups is 2. The van der Waals surface area contributed by atoms with Gasteiger partial charge >= 0.3 is 0 Å². The van der Waals surface area contributed by atoms with Crippen molar-refractivity contribution < 1.29 is 19.7 Å². The molecule has 0 aliphatic heterocycles. The zero-order valence-electron chi connectivity index (χ0n) is 14.4. The van der Waals surface area contributed by atoms with E-state index in [4.69, 9.17) is 9.47 Å². The lowest BCUT2D eigenvalue weighted by Crippen LogP contribution is -2.12. The van der Waals surface area contributed by atoms with Gasteiger partial charge in [0.05, 0.1) is 0 Å². The van der Waals surface area contributed by atoms with Crippen LogP contribution in [-0.4, -0.2) is 23.4 Å². The fraction of sp³-hybridized carbons (Fsp3) is 0.182. The number of hydrogen-bond acceptors (Lipinski definition) is 4. The molecule has 0 radical (unpaired) electrons. The van der Waals surface area contributed by atoms with Gasteiger partial charge in [0.1, 0.15) is 25.4 Å². The molecule has 0 unspecified atom stereocenters. The molecular weight excluding hydrogens is 328 g/mol. The second-order valence-corrected chi connectivity index (χ2v) is 5.92. The molecule has 2 atom stereocenters. The van der Waals surface area contributed by atoms with Gasteiger partial charge in [-0.15, -0.1) is 0 Å². The van der Waals surface area contributed by atoms with Gasteiger partial charge in [-0.3, -0.25) is 0 Å². The van der Waals surface area contributed by atoms with E-state index in [1.165, 1.54) is 0 Å². The Morgan fingerprint density at radius 2 is 0.885 bits per heavy atom. The van der Waals surface area contributed by atoms with Gasteiger partial charge in [0.25, 0.3) is 0 Å². The summed E-state index contributed by atoms with van der Waals surface area (Å²) in [4.78, 5) is 0. The van der Waals surface area contributed by atoms with Crippen LogP contribution in [0.2, 0.25) is 0 Å². The minimum atomic E-state index is -0.723. The Bertz CT molecular complexity index is 721. The van der Waals surface area contributed by atoms with E-state index in [0.717, 1.165) is 11.1 Å². The Balaban J connectivity index is 1.59. The first-order chi connectivity index (χ1) is 12.7. The largest absolute Gasteiger partial charge is 0.487 e. The van der Waals surface area contributed by atoms with Crippen molar-refractivity contribution in [3.63, 3.8) is 0 Å². The van der Waals surface area contributed by atoms with Crippen LogP contribution < -0.4 is 9.47 Å². The van der Waals surface area contributed by atoms with Crippen molar-refractivity contribution in [3.8, 4) is 11.5 Å². The predicted octanol–water partition coefficient (Wildman–Crippen LogP) is 3.91. The summed E-state index contributed by atoms with van der Waals surface area (Å²) in [6, 6.07) is 26.0. The molecule has 0 fully saturated rings. The van der Waals surface area contributed by atoms with Crippen molar-refractivity contribution in [2.45, 2.75) is 12.2 Å². The first kappa shape index (κ1) is 18.0. The summed E-state index contributed by atoms with van der Waals surface area (Å²) in [6.07, 6.45) is -1.45. The molecule has 0 aromatic heterocycles. The number of benzene rings is 3.